The SMILES string of the molecule is CCCC(CCC)N1CCc2c(C(=O)N[C@@H](Cc3cc(F)cc(F)c3)[C@@H](O)CNC3(c4cccc(C(F)(F)F)c4)CC3)cc(NS(C)(=O)=O)cc2C1=O.Cl. The van der Waals surface area contributed by atoms with Crippen LogP contribution in [0.5, 0.6) is 0 Å². The Labute approximate surface area is 318 Å². The molecule has 1 aliphatic heterocycles. The third kappa shape index (κ3) is 10.5. The smallest absolute Gasteiger partial charge is 0.390 e. The lowest BCUT2D eigenvalue weighted by Crippen LogP contribution is -2.50. The van der Waals surface area contributed by atoms with Crippen LogP contribution in [0.4, 0.5) is 27.6 Å². The Bertz CT molecular complexity index is 1920. The number of aliphatic hydroxyl groups is 1. The number of nitrogens with zero attached hydrogens (tertiary/aromatic N) is 1. The molecule has 3 aromatic rings. The second kappa shape index (κ2) is 17.3. The van der Waals surface area contributed by atoms with Crippen LogP contribution in [0.3, 0.4) is 0 Å². The minimum absolute atomic E-state index is 0. The van der Waals surface area contributed by atoms with Crippen molar-refractivity contribution in [1.29, 1.82) is 0 Å². The van der Waals surface area contributed by atoms with E-state index in [-0.39, 0.29) is 66.1 Å². The molecule has 54 heavy (non-hydrogen) atoms. The summed E-state index contributed by atoms with van der Waals surface area (Å²) < 4.78 is 95.7. The van der Waals surface area contributed by atoms with Crippen molar-refractivity contribution in [3.8, 4) is 0 Å². The maximum absolute atomic E-state index is 14.2. The molecule has 0 unspecified atom stereocenters. The monoisotopic (exact) mass is 800 g/mol. The van der Waals surface area contributed by atoms with Gasteiger partial charge < -0.3 is 20.6 Å². The van der Waals surface area contributed by atoms with Crippen LogP contribution in [-0.2, 0) is 34.6 Å². The highest BCUT2D eigenvalue weighted by atomic mass is 35.5. The van der Waals surface area contributed by atoms with Crippen molar-refractivity contribution in [3.05, 3.63) is 99.6 Å². The summed E-state index contributed by atoms with van der Waals surface area (Å²) in [4.78, 5) is 29.9. The number of carbonyl (C=O) groups is 2. The Hall–Kier alpha value is -3.79. The first-order valence-electron chi connectivity index (χ1n) is 17.8. The summed E-state index contributed by atoms with van der Waals surface area (Å²) in [5.41, 5.74) is -0.650. The fourth-order valence-corrected chi connectivity index (χ4v) is 7.75. The first-order valence-corrected chi connectivity index (χ1v) is 19.6. The lowest BCUT2D eigenvalue weighted by Gasteiger charge is -2.36. The molecule has 4 N–H and O–H groups in total. The number of alkyl halides is 3. The van der Waals surface area contributed by atoms with Crippen molar-refractivity contribution < 1.29 is 45.1 Å². The molecule has 5 rings (SSSR count). The standard InChI is InChI=1S/C38H45F5N4O5S.ClH/c1-4-7-29(8-5-2)47-14-11-30-31(20-28(46-53(3,51)52)21-32(30)36(47)50)35(49)45-33(17-23-15-26(39)19-27(40)16-23)34(48)22-44-37(12-13-37)24-9-6-10-25(18-24)38(41,42)43;/h6,9-10,15-16,18-21,29,33-34,44,46,48H,4-5,7-8,11-14,17,22H2,1-3H3,(H,45,49);1H/t33-,34-;/m0./s1. The van der Waals surface area contributed by atoms with Crippen LogP contribution < -0.4 is 15.4 Å². The highest BCUT2D eigenvalue weighted by Gasteiger charge is 2.45. The first-order chi connectivity index (χ1) is 24.9. The van der Waals surface area contributed by atoms with Crippen LogP contribution in [0.15, 0.2) is 54.6 Å². The second-order valence-electron chi connectivity index (χ2n) is 14.1. The van der Waals surface area contributed by atoms with E-state index in [0.717, 1.165) is 56.2 Å². The molecule has 2 atom stereocenters. The van der Waals surface area contributed by atoms with Gasteiger partial charge in [0.25, 0.3) is 11.8 Å². The maximum atomic E-state index is 14.2. The van der Waals surface area contributed by atoms with Gasteiger partial charge in [-0.15, -0.1) is 12.4 Å². The number of hydrogen-bond acceptors (Lipinski definition) is 6. The lowest BCUT2D eigenvalue weighted by molar-refractivity contribution is -0.137. The van der Waals surface area contributed by atoms with E-state index in [2.05, 4.69) is 15.4 Å². The van der Waals surface area contributed by atoms with Gasteiger partial charge in [-0.2, -0.15) is 13.2 Å². The number of sulfonamides is 1. The number of amides is 2. The van der Waals surface area contributed by atoms with Gasteiger partial charge >= 0.3 is 6.18 Å². The summed E-state index contributed by atoms with van der Waals surface area (Å²) in [5, 5.41) is 17.4. The number of rotatable bonds is 16. The zero-order valence-corrected chi connectivity index (χ0v) is 31.9. The molecular weight excluding hydrogens is 755 g/mol. The highest BCUT2D eigenvalue weighted by Crippen LogP contribution is 2.46. The van der Waals surface area contributed by atoms with E-state index < -0.39 is 57.0 Å². The summed E-state index contributed by atoms with van der Waals surface area (Å²) in [5.74, 6) is -2.86. The quantitative estimate of drug-likeness (QED) is 0.119. The minimum atomic E-state index is -4.55. The second-order valence-corrected chi connectivity index (χ2v) is 15.8. The van der Waals surface area contributed by atoms with Gasteiger partial charge in [-0.3, -0.25) is 14.3 Å². The predicted octanol–water partition coefficient (Wildman–Crippen LogP) is 6.72. The molecule has 1 aliphatic carbocycles. The molecule has 1 saturated carbocycles. The van der Waals surface area contributed by atoms with Gasteiger partial charge in [-0.1, -0.05) is 38.8 Å². The third-order valence-electron chi connectivity index (χ3n) is 9.88. The Morgan fingerprint density at radius 3 is 2.22 bits per heavy atom. The largest absolute Gasteiger partial charge is 0.416 e. The zero-order chi connectivity index (χ0) is 38.7. The minimum Gasteiger partial charge on any atom is -0.390 e. The molecule has 0 radical (unpaired) electrons. The molecule has 0 bridgehead atoms. The van der Waals surface area contributed by atoms with Crippen molar-refractivity contribution in [2.24, 2.45) is 0 Å². The van der Waals surface area contributed by atoms with Crippen molar-refractivity contribution in [2.75, 3.05) is 24.1 Å². The Balaban J connectivity index is 0.00000650. The van der Waals surface area contributed by atoms with Gasteiger partial charge in [0.15, 0.2) is 0 Å². The van der Waals surface area contributed by atoms with E-state index in [1.807, 2.05) is 13.8 Å². The van der Waals surface area contributed by atoms with Crippen molar-refractivity contribution >= 4 is 39.9 Å². The first kappa shape index (κ1) is 42.9. The third-order valence-corrected chi connectivity index (χ3v) is 10.5. The number of aliphatic hydroxyl groups excluding tert-OH is 1. The van der Waals surface area contributed by atoms with Crippen LogP contribution in [0.1, 0.15) is 95.3 Å². The Morgan fingerprint density at radius 2 is 1.65 bits per heavy atom. The summed E-state index contributed by atoms with van der Waals surface area (Å²) >= 11 is 0. The molecule has 0 spiro atoms. The molecule has 2 amide bonds. The summed E-state index contributed by atoms with van der Waals surface area (Å²) in [7, 11) is -3.83. The number of carbonyl (C=O) groups excluding carboxylic acids is 2. The van der Waals surface area contributed by atoms with E-state index in [9.17, 15) is 45.1 Å². The maximum Gasteiger partial charge on any atom is 0.416 e. The van der Waals surface area contributed by atoms with Crippen LogP contribution in [0.25, 0.3) is 0 Å². The number of benzene rings is 3. The average molecular weight is 801 g/mol. The summed E-state index contributed by atoms with van der Waals surface area (Å²) in [6.07, 6.45) is -0.778. The molecular formula is C38H46ClF5N4O5S. The number of nitrogens with one attached hydrogen (secondary N) is 3. The molecule has 1 fully saturated rings. The van der Waals surface area contributed by atoms with Crippen LogP contribution >= 0.6 is 12.4 Å². The number of hydrogen-bond donors (Lipinski definition) is 4. The molecule has 16 heteroatoms. The molecule has 2 aliphatic rings. The van der Waals surface area contributed by atoms with Gasteiger partial charge in [0, 0.05) is 41.9 Å². The summed E-state index contributed by atoms with van der Waals surface area (Å²) in [6.45, 7) is 4.16. The molecule has 0 saturated heterocycles. The Morgan fingerprint density at radius 1 is 1.00 bits per heavy atom. The van der Waals surface area contributed by atoms with Gasteiger partial charge in [-0.05, 0) is 91.6 Å². The number of fused-ring (bicyclic) bond motifs is 1. The van der Waals surface area contributed by atoms with Crippen molar-refractivity contribution in [2.45, 2.75) is 95.1 Å². The van der Waals surface area contributed by atoms with E-state index in [4.69, 9.17) is 0 Å². The fourth-order valence-electron chi connectivity index (χ4n) is 7.21. The normalized spacial score (nSPS) is 16.3. The molecule has 296 valence electrons. The van der Waals surface area contributed by atoms with Crippen LogP contribution in [0.2, 0.25) is 0 Å². The lowest BCUT2D eigenvalue weighted by atomic mass is 9.90. The van der Waals surface area contributed by atoms with Crippen molar-refractivity contribution in [1.82, 2.24) is 15.5 Å². The van der Waals surface area contributed by atoms with E-state index >= 15 is 0 Å². The van der Waals surface area contributed by atoms with Gasteiger partial charge in [0.2, 0.25) is 10.0 Å². The number of halogens is 6. The molecule has 1 heterocycles. The van der Waals surface area contributed by atoms with Gasteiger partial charge in [0.1, 0.15) is 11.6 Å². The van der Waals surface area contributed by atoms with Gasteiger partial charge in [0.05, 0.1) is 29.7 Å². The topological polar surface area (TPSA) is 128 Å². The van der Waals surface area contributed by atoms with Crippen LogP contribution in [0, 0.1) is 11.6 Å². The number of anilines is 1. The predicted molar refractivity (Wildman–Crippen MR) is 198 cm³/mol. The van der Waals surface area contributed by atoms with Crippen LogP contribution in [-0.4, -0.2) is 67.8 Å². The highest BCUT2D eigenvalue weighted by molar-refractivity contribution is 7.92. The average Bonchev–Trinajstić information content (AvgIpc) is 3.87. The molecule has 9 nitrogen and oxygen atoms in total. The molecule has 3 aromatic carbocycles. The molecule has 0 aromatic heterocycles. The van der Waals surface area contributed by atoms with Crippen molar-refractivity contribution in [3.63, 3.8) is 0 Å². The fraction of sp³-hybridized carbons (Fsp3) is 0.474. The summed E-state index contributed by atoms with van der Waals surface area (Å²) in [6, 6.07) is 9.17. The van der Waals surface area contributed by atoms with E-state index in [0.29, 0.717) is 36.6 Å². The van der Waals surface area contributed by atoms with E-state index in [1.54, 1.807) is 11.0 Å². The Kier molecular flexibility index (Phi) is 13.8. The van der Waals surface area contributed by atoms with E-state index in [1.165, 1.54) is 18.2 Å². The zero-order valence-electron chi connectivity index (χ0n) is 30.2. The van der Waals surface area contributed by atoms with Gasteiger partial charge in [-0.25, -0.2) is 17.2 Å².